The van der Waals surface area contributed by atoms with Gasteiger partial charge in [-0.2, -0.15) is 0 Å². The lowest BCUT2D eigenvalue weighted by Gasteiger charge is -2.26. The first-order valence-corrected chi connectivity index (χ1v) is 6.28. The summed E-state index contributed by atoms with van der Waals surface area (Å²) in [7, 11) is 0. The third-order valence-corrected chi connectivity index (χ3v) is 2.77. The van der Waals surface area contributed by atoms with Crippen LogP contribution >= 0.6 is 0 Å². The summed E-state index contributed by atoms with van der Waals surface area (Å²) in [6.07, 6.45) is 1.23. The Morgan fingerprint density at radius 3 is 2.25 bits per heavy atom. The number of nitrogens with one attached hydrogen (secondary N) is 1. The minimum atomic E-state index is 0.385. The fraction of sp³-hybridized carbons (Fsp3) is 0.600. The highest BCUT2D eigenvalue weighted by atomic mass is 14.8. The van der Waals surface area contributed by atoms with E-state index >= 15 is 0 Å². The molecule has 0 saturated heterocycles. The Hall–Kier alpha value is -0.820. The number of hydrogen-bond donors (Lipinski definition) is 1. The Morgan fingerprint density at radius 2 is 1.75 bits per heavy atom. The Kier molecular flexibility index (Phi) is 5.01. The lowest BCUT2D eigenvalue weighted by Crippen LogP contribution is -2.24. The molecular weight excluding hydrogens is 194 g/mol. The second-order valence-electron chi connectivity index (χ2n) is 5.68. The Morgan fingerprint density at radius 1 is 1.12 bits per heavy atom. The van der Waals surface area contributed by atoms with E-state index in [1.54, 1.807) is 0 Å². The van der Waals surface area contributed by atoms with E-state index < -0.39 is 0 Å². The van der Waals surface area contributed by atoms with Gasteiger partial charge in [0, 0.05) is 6.54 Å². The maximum atomic E-state index is 3.47. The molecule has 0 saturated carbocycles. The van der Waals surface area contributed by atoms with Gasteiger partial charge in [-0.05, 0) is 29.9 Å². The molecule has 1 atom stereocenters. The summed E-state index contributed by atoms with van der Waals surface area (Å²) in [4.78, 5) is 0. The average molecular weight is 219 g/mol. The third-order valence-electron chi connectivity index (χ3n) is 2.77. The molecule has 1 aromatic rings. The van der Waals surface area contributed by atoms with Crippen molar-refractivity contribution in [2.75, 3.05) is 13.1 Å². The third kappa shape index (κ3) is 4.80. The van der Waals surface area contributed by atoms with E-state index in [2.05, 4.69) is 63.3 Å². The molecule has 1 rings (SSSR count). The summed E-state index contributed by atoms with van der Waals surface area (Å²) in [6, 6.07) is 10.8. The van der Waals surface area contributed by atoms with Crippen molar-refractivity contribution in [2.24, 2.45) is 5.41 Å². The highest BCUT2D eigenvalue weighted by Gasteiger charge is 2.19. The van der Waals surface area contributed by atoms with Crippen molar-refractivity contribution in [1.29, 1.82) is 0 Å². The van der Waals surface area contributed by atoms with Gasteiger partial charge >= 0.3 is 0 Å². The molecule has 0 fully saturated rings. The molecule has 0 aliphatic heterocycles. The smallest absolute Gasteiger partial charge is 0.00202 e. The first kappa shape index (κ1) is 13.2. The number of hydrogen-bond acceptors (Lipinski definition) is 1. The standard InChI is InChI=1S/C15H25N/c1-5-16-12-14(11-15(2,3)4)13-9-7-6-8-10-13/h6-10,14,16H,5,11-12H2,1-4H3. The summed E-state index contributed by atoms with van der Waals surface area (Å²) in [6.45, 7) is 11.2. The van der Waals surface area contributed by atoms with Gasteiger partial charge in [-0.15, -0.1) is 0 Å². The molecule has 1 unspecified atom stereocenters. The van der Waals surface area contributed by atoms with Gasteiger partial charge in [0.1, 0.15) is 0 Å². The van der Waals surface area contributed by atoms with E-state index in [0.29, 0.717) is 11.3 Å². The van der Waals surface area contributed by atoms with Gasteiger partial charge in [-0.1, -0.05) is 58.0 Å². The summed E-state index contributed by atoms with van der Waals surface area (Å²) >= 11 is 0. The summed E-state index contributed by atoms with van der Waals surface area (Å²) in [5.41, 5.74) is 1.84. The van der Waals surface area contributed by atoms with E-state index in [1.807, 2.05) is 0 Å². The molecule has 1 N–H and O–H groups in total. The number of benzene rings is 1. The van der Waals surface area contributed by atoms with E-state index in [1.165, 1.54) is 12.0 Å². The van der Waals surface area contributed by atoms with Gasteiger partial charge in [0.05, 0.1) is 0 Å². The van der Waals surface area contributed by atoms with Crippen molar-refractivity contribution < 1.29 is 0 Å². The largest absolute Gasteiger partial charge is 0.316 e. The minimum Gasteiger partial charge on any atom is -0.316 e. The molecule has 1 heteroatoms. The van der Waals surface area contributed by atoms with Crippen LogP contribution in [0.4, 0.5) is 0 Å². The molecule has 0 aliphatic carbocycles. The zero-order valence-electron chi connectivity index (χ0n) is 11.1. The monoisotopic (exact) mass is 219 g/mol. The predicted molar refractivity (Wildman–Crippen MR) is 71.8 cm³/mol. The average Bonchev–Trinajstić information content (AvgIpc) is 2.24. The molecule has 90 valence electrons. The van der Waals surface area contributed by atoms with Crippen LogP contribution in [0.15, 0.2) is 30.3 Å². The molecule has 0 amide bonds. The quantitative estimate of drug-likeness (QED) is 0.794. The second kappa shape index (κ2) is 6.05. The number of rotatable bonds is 5. The molecule has 0 aromatic heterocycles. The van der Waals surface area contributed by atoms with Gasteiger partial charge in [0.25, 0.3) is 0 Å². The van der Waals surface area contributed by atoms with E-state index in [0.717, 1.165) is 13.1 Å². The number of likely N-dealkylation sites (N-methyl/N-ethyl adjacent to an activating group) is 1. The molecular formula is C15H25N. The second-order valence-corrected chi connectivity index (χ2v) is 5.68. The van der Waals surface area contributed by atoms with Crippen molar-refractivity contribution in [3.8, 4) is 0 Å². The molecule has 0 heterocycles. The first-order valence-electron chi connectivity index (χ1n) is 6.28. The van der Waals surface area contributed by atoms with Crippen LogP contribution in [0.5, 0.6) is 0 Å². The van der Waals surface area contributed by atoms with Gasteiger partial charge in [0.15, 0.2) is 0 Å². The van der Waals surface area contributed by atoms with Gasteiger partial charge in [-0.3, -0.25) is 0 Å². The lowest BCUT2D eigenvalue weighted by atomic mass is 9.81. The van der Waals surface area contributed by atoms with Crippen LogP contribution in [0.3, 0.4) is 0 Å². The van der Waals surface area contributed by atoms with Crippen molar-refractivity contribution >= 4 is 0 Å². The summed E-state index contributed by atoms with van der Waals surface area (Å²) in [5.74, 6) is 0.626. The van der Waals surface area contributed by atoms with E-state index in [-0.39, 0.29) is 0 Å². The van der Waals surface area contributed by atoms with Crippen LogP contribution in [0, 0.1) is 5.41 Å². The molecule has 0 spiro atoms. The Balaban J connectivity index is 2.71. The highest BCUT2D eigenvalue weighted by Crippen LogP contribution is 2.30. The molecule has 1 aromatic carbocycles. The fourth-order valence-corrected chi connectivity index (χ4v) is 2.09. The van der Waals surface area contributed by atoms with Crippen molar-refractivity contribution in [3.63, 3.8) is 0 Å². The SMILES string of the molecule is CCNCC(CC(C)(C)C)c1ccccc1. The maximum Gasteiger partial charge on any atom is 0.00202 e. The van der Waals surface area contributed by atoms with Gasteiger partial charge in [0.2, 0.25) is 0 Å². The normalized spacial score (nSPS) is 13.8. The molecule has 0 aliphatic rings. The maximum absolute atomic E-state index is 3.47. The van der Waals surface area contributed by atoms with Crippen LogP contribution < -0.4 is 5.32 Å². The van der Waals surface area contributed by atoms with Crippen molar-refractivity contribution in [3.05, 3.63) is 35.9 Å². The topological polar surface area (TPSA) is 12.0 Å². The Labute approximate surface area is 100 Å². The first-order chi connectivity index (χ1) is 7.53. The van der Waals surface area contributed by atoms with Crippen LogP contribution in [0.1, 0.15) is 45.6 Å². The highest BCUT2D eigenvalue weighted by molar-refractivity contribution is 5.20. The summed E-state index contributed by atoms with van der Waals surface area (Å²) < 4.78 is 0. The van der Waals surface area contributed by atoms with Gasteiger partial charge < -0.3 is 5.32 Å². The van der Waals surface area contributed by atoms with Crippen LogP contribution in [-0.2, 0) is 0 Å². The van der Waals surface area contributed by atoms with Crippen molar-refractivity contribution in [2.45, 2.75) is 40.0 Å². The Bertz CT molecular complexity index is 284. The lowest BCUT2D eigenvalue weighted by molar-refractivity contribution is 0.333. The van der Waals surface area contributed by atoms with Gasteiger partial charge in [-0.25, -0.2) is 0 Å². The minimum absolute atomic E-state index is 0.385. The summed E-state index contributed by atoms with van der Waals surface area (Å²) in [5, 5.41) is 3.47. The predicted octanol–water partition coefficient (Wildman–Crippen LogP) is 3.82. The van der Waals surface area contributed by atoms with Crippen LogP contribution in [0.2, 0.25) is 0 Å². The zero-order valence-corrected chi connectivity index (χ0v) is 11.1. The zero-order chi connectivity index (χ0) is 12.0. The molecule has 0 radical (unpaired) electrons. The fourth-order valence-electron chi connectivity index (χ4n) is 2.09. The van der Waals surface area contributed by atoms with Crippen LogP contribution in [-0.4, -0.2) is 13.1 Å². The molecule has 16 heavy (non-hydrogen) atoms. The molecule has 0 bridgehead atoms. The molecule has 1 nitrogen and oxygen atoms in total. The van der Waals surface area contributed by atoms with E-state index in [9.17, 15) is 0 Å². The van der Waals surface area contributed by atoms with Crippen molar-refractivity contribution in [1.82, 2.24) is 5.32 Å². The van der Waals surface area contributed by atoms with Crippen LogP contribution in [0.25, 0.3) is 0 Å². The van der Waals surface area contributed by atoms with E-state index in [4.69, 9.17) is 0 Å².